The molecule has 0 amide bonds. The van der Waals surface area contributed by atoms with Crippen molar-refractivity contribution in [3.63, 3.8) is 0 Å². The zero-order chi connectivity index (χ0) is 16.7. The van der Waals surface area contributed by atoms with Crippen LogP contribution in [0.3, 0.4) is 0 Å². The third-order valence-corrected chi connectivity index (χ3v) is 4.55. The van der Waals surface area contributed by atoms with Gasteiger partial charge >= 0.3 is 0 Å². The Balaban J connectivity index is 1.74. The third kappa shape index (κ3) is 2.50. The maximum atomic E-state index is 14.4. The minimum absolute atomic E-state index is 0.0663. The molecule has 1 saturated carbocycles. The Morgan fingerprint density at radius 2 is 2.08 bits per heavy atom. The quantitative estimate of drug-likeness (QED) is 0.795. The molecule has 0 radical (unpaired) electrons. The first kappa shape index (κ1) is 15.0. The Morgan fingerprint density at radius 1 is 1.29 bits per heavy atom. The van der Waals surface area contributed by atoms with E-state index in [1.165, 1.54) is 6.07 Å². The lowest BCUT2D eigenvalue weighted by Crippen LogP contribution is -2.12. The molecule has 1 aliphatic carbocycles. The van der Waals surface area contributed by atoms with E-state index >= 15 is 0 Å². The molecule has 0 unspecified atom stereocenters. The summed E-state index contributed by atoms with van der Waals surface area (Å²) in [5, 5.41) is 3.96. The molecule has 1 fully saturated rings. The van der Waals surface area contributed by atoms with Gasteiger partial charge in [0.05, 0.1) is 11.1 Å². The molecule has 2 aromatic heterocycles. The summed E-state index contributed by atoms with van der Waals surface area (Å²) in [6, 6.07) is 3.04. The largest absolute Gasteiger partial charge is 0.342 e. The number of hydrogen-bond donors (Lipinski definition) is 1. The van der Waals surface area contributed by atoms with Crippen molar-refractivity contribution < 1.29 is 13.7 Å². The highest BCUT2D eigenvalue weighted by atomic mass is 19.1. The summed E-state index contributed by atoms with van der Waals surface area (Å²) < 4.78 is 19.8. The standard InChI is InChI=1S/C17H17FN4O2/c1-2-13-19-12-8-7-11(18)14(15(12)20-13)16-21-17(24-22-16)9-3-5-10(23)6-4-9/h7-9H,2-6H2,1H3,(H,19,20). The Labute approximate surface area is 137 Å². The minimum Gasteiger partial charge on any atom is -0.342 e. The van der Waals surface area contributed by atoms with Crippen LogP contribution in [-0.2, 0) is 11.2 Å². The average molecular weight is 328 g/mol. The molecule has 4 rings (SSSR count). The molecular formula is C17H17FN4O2. The van der Waals surface area contributed by atoms with Gasteiger partial charge < -0.3 is 9.51 Å². The normalized spacial score (nSPS) is 16.2. The van der Waals surface area contributed by atoms with Crippen molar-refractivity contribution >= 4 is 16.8 Å². The Kier molecular flexibility index (Phi) is 3.63. The molecule has 7 heteroatoms. The second-order valence-electron chi connectivity index (χ2n) is 6.12. The first-order valence-electron chi connectivity index (χ1n) is 8.18. The highest BCUT2D eigenvalue weighted by Gasteiger charge is 2.26. The summed E-state index contributed by atoms with van der Waals surface area (Å²) in [6.07, 6.45) is 3.20. The van der Waals surface area contributed by atoms with Crippen LogP contribution in [0.5, 0.6) is 0 Å². The summed E-state index contributed by atoms with van der Waals surface area (Å²) in [6.45, 7) is 1.98. The molecule has 0 spiro atoms. The molecule has 1 aliphatic rings. The van der Waals surface area contributed by atoms with Crippen LogP contribution in [0.4, 0.5) is 4.39 Å². The van der Waals surface area contributed by atoms with Gasteiger partial charge in [0.15, 0.2) is 0 Å². The summed E-state index contributed by atoms with van der Waals surface area (Å²) >= 11 is 0. The van der Waals surface area contributed by atoms with E-state index in [9.17, 15) is 9.18 Å². The van der Waals surface area contributed by atoms with Crippen LogP contribution in [0.15, 0.2) is 16.7 Å². The van der Waals surface area contributed by atoms with Crippen LogP contribution >= 0.6 is 0 Å². The van der Waals surface area contributed by atoms with Crippen molar-refractivity contribution in [1.29, 1.82) is 0 Å². The van der Waals surface area contributed by atoms with E-state index < -0.39 is 5.82 Å². The van der Waals surface area contributed by atoms with Crippen LogP contribution in [0.25, 0.3) is 22.4 Å². The van der Waals surface area contributed by atoms with Gasteiger partial charge in [-0.15, -0.1) is 0 Å². The number of Topliss-reactive ketones (excluding diaryl/α,β-unsaturated/α-hetero) is 1. The van der Waals surface area contributed by atoms with Gasteiger partial charge in [-0.3, -0.25) is 4.79 Å². The highest BCUT2D eigenvalue weighted by Crippen LogP contribution is 2.33. The number of aromatic amines is 1. The van der Waals surface area contributed by atoms with Crippen LogP contribution < -0.4 is 0 Å². The maximum absolute atomic E-state index is 14.4. The van der Waals surface area contributed by atoms with Crippen molar-refractivity contribution in [2.75, 3.05) is 0 Å². The molecule has 0 bridgehead atoms. The van der Waals surface area contributed by atoms with Gasteiger partial charge in [-0.05, 0) is 25.0 Å². The van der Waals surface area contributed by atoms with Crippen molar-refractivity contribution in [3.8, 4) is 11.4 Å². The van der Waals surface area contributed by atoms with Crippen molar-refractivity contribution in [3.05, 3.63) is 29.7 Å². The maximum Gasteiger partial charge on any atom is 0.230 e. The summed E-state index contributed by atoms with van der Waals surface area (Å²) in [5.74, 6) is 1.37. The monoisotopic (exact) mass is 328 g/mol. The van der Waals surface area contributed by atoms with Crippen LogP contribution in [-0.4, -0.2) is 25.9 Å². The van der Waals surface area contributed by atoms with E-state index in [-0.39, 0.29) is 23.1 Å². The molecule has 124 valence electrons. The average Bonchev–Trinajstić information content (AvgIpc) is 3.22. The molecule has 2 heterocycles. The number of halogens is 1. The third-order valence-electron chi connectivity index (χ3n) is 4.55. The van der Waals surface area contributed by atoms with Gasteiger partial charge in [0.2, 0.25) is 11.7 Å². The molecule has 6 nitrogen and oxygen atoms in total. The second-order valence-corrected chi connectivity index (χ2v) is 6.12. The predicted molar refractivity (Wildman–Crippen MR) is 84.9 cm³/mol. The fourth-order valence-corrected chi connectivity index (χ4v) is 3.17. The zero-order valence-corrected chi connectivity index (χ0v) is 13.3. The Hall–Kier alpha value is -2.57. The molecule has 1 aromatic carbocycles. The zero-order valence-electron chi connectivity index (χ0n) is 13.3. The Morgan fingerprint density at radius 3 is 2.83 bits per heavy atom. The van der Waals surface area contributed by atoms with Crippen LogP contribution in [0, 0.1) is 5.82 Å². The molecule has 0 atom stereocenters. The van der Waals surface area contributed by atoms with Gasteiger partial charge in [-0.1, -0.05) is 12.1 Å². The number of nitrogens with one attached hydrogen (secondary N) is 1. The fourth-order valence-electron chi connectivity index (χ4n) is 3.17. The lowest BCUT2D eigenvalue weighted by molar-refractivity contribution is -0.120. The number of carbonyl (C=O) groups excluding carboxylic acids is 1. The lowest BCUT2D eigenvalue weighted by Gasteiger charge is -2.16. The number of hydrogen-bond acceptors (Lipinski definition) is 5. The first-order chi connectivity index (χ1) is 11.7. The minimum atomic E-state index is -0.428. The Bertz CT molecular complexity index is 905. The van der Waals surface area contributed by atoms with E-state index in [1.807, 2.05) is 6.92 Å². The number of ketones is 1. The number of fused-ring (bicyclic) bond motifs is 1. The van der Waals surface area contributed by atoms with E-state index in [1.54, 1.807) is 6.07 Å². The fraction of sp³-hybridized carbons (Fsp3) is 0.412. The molecule has 3 aromatic rings. The number of carbonyl (C=O) groups is 1. The predicted octanol–water partition coefficient (Wildman–Crippen LogP) is 3.54. The highest BCUT2D eigenvalue weighted by molar-refractivity contribution is 5.90. The number of nitrogens with zero attached hydrogens (tertiary/aromatic N) is 3. The van der Waals surface area contributed by atoms with E-state index in [0.29, 0.717) is 37.1 Å². The molecule has 0 saturated heterocycles. The van der Waals surface area contributed by atoms with Gasteiger partial charge in [0, 0.05) is 25.2 Å². The summed E-state index contributed by atoms with van der Waals surface area (Å²) in [5.41, 5.74) is 1.52. The molecule has 1 N–H and O–H groups in total. The number of imidazole rings is 1. The van der Waals surface area contributed by atoms with Gasteiger partial charge in [-0.25, -0.2) is 9.37 Å². The van der Waals surface area contributed by atoms with Gasteiger partial charge in [-0.2, -0.15) is 4.98 Å². The molecule has 0 aliphatic heterocycles. The van der Waals surface area contributed by atoms with Gasteiger partial charge in [0.1, 0.15) is 22.9 Å². The first-order valence-corrected chi connectivity index (χ1v) is 8.18. The van der Waals surface area contributed by atoms with Crippen LogP contribution in [0.2, 0.25) is 0 Å². The molecular weight excluding hydrogens is 311 g/mol. The van der Waals surface area contributed by atoms with Gasteiger partial charge in [0.25, 0.3) is 0 Å². The van der Waals surface area contributed by atoms with E-state index in [0.717, 1.165) is 17.8 Å². The topological polar surface area (TPSA) is 84.7 Å². The summed E-state index contributed by atoms with van der Waals surface area (Å²) in [4.78, 5) is 23.3. The van der Waals surface area contributed by atoms with Crippen molar-refractivity contribution in [1.82, 2.24) is 20.1 Å². The number of H-pyrrole nitrogens is 1. The van der Waals surface area contributed by atoms with E-state index in [2.05, 4.69) is 20.1 Å². The SMILES string of the molecule is CCc1nc2c(-c3noc(C4CCC(=O)CC4)n3)c(F)ccc2[nH]1. The van der Waals surface area contributed by atoms with E-state index in [4.69, 9.17) is 4.52 Å². The number of rotatable bonds is 3. The lowest BCUT2D eigenvalue weighted by atomic mass is 9.88. The summed E-state index contributed by atoms with van der Waals surface area (Å²) in [7, 11) is 0. The number of benzene rings is 1. The number of aryl methyl sites for hydroxylation is 1. The van der Waals surface area contributed by atoms with Crippen molar-refractivity contribution in [2.24, 2.45) is 0 Å². The molecule has 24 heavy (non-hydrogen) atoms. The smallest absolute Gasteiger partial charge is 0.230 e. The second kappa shape index (κ2) is 5.81. The van der Waals surface area contributed by atoms with Crippen molar-refractivity contribution in [2.45, 2.75) is 44.9 Å². The van der Waals surface area contributed by atoms with Crippen LogP contribution in [0.1, 0.15) is 50.2 Å². The number of aromatic nitrogens is 4.